The van der Waals surface area contributed by atoms with Crippen LogP contribution in [0.2, 0.25) is 0 Å². The van der Waals surface area contributed by atoms with Gasteiger partial charge in [-0.3, -0.25) is 0 Å². The van der Waals surface area contributed by atoms with Crippen LogP contribution in [-0.4, -0.2) is 4.57 Å². The number of nitrogens with zero attached hydrogens (tertiary/aromatic N) is 2. The Kier molecular flexibility index (Phi) is 9.77. The van der Waals surface area contributed by atoms with Gasteiger partial charge in [0.25, 0.3) is 0 Å². The number of aromatic nitrogens is 1. The minimum atomic E-state index is 1.08. The van der Waals surface area contributed by atoms with Gasteiger partial charge in [0.2, 0.25) is 0 Å². The molecule has 6 aromatic rings. The van der Waals surface area contributed by atoms with Crippen LogP contribution in [0.25, 0.3) is 32.9 Å². The van der Waals surface area contributed by atoms with Crippen molar-refractivity contribution in [3.8, 4) is 11.1 Å². The summed E-state index contributed by atoms with van der Waals surface area (Å²) in [5.41, 5.74) is 10.1. The molecule has 0 aliphatic rings. The Bertz CT molecular complexity index is 1760. The normalized spacial score (nSPS) is 11.4. The van der Waals surface area contributed by atoms with Gasteiger partial charge in [0.15, 0.2) is 0 Å². The van der Waals surface area contributed by atoms with E-state index in [1.807, 2.05) is 0 Å². The zero-order valence-electron chi connectivity index (χ0n) is 26.5. The summed E-state index contributed by atoms with van der Waals surface area (Å²) in [6.07, 6.45) is 11.5. The van der Waals surface area contributed by atoms with Crippen LogP contribution in [0.4, 0.5) is 17.1 Å². The third-order valence-electron chi connectivity index (χ3n) is 8.99. The molecule has 2 nitrogen and oxygen atoms in total. The van der Waals surface area contributed by atoms with E-state index < -0.39 is 0 Å². The van der Waals surface area contributed by atoms with E-state index >= 15 is 0 Å². The van der Waals surface area contributed by atoms with Crippen molar-refractivity contribution in [1.82, 2.24) is 4.57 Å². The van der Waals surface area contributed by atoms with Gasteiger partial charge in [-0.25, -0.2) is 0 Å². The predicted molar refractivity (Wildman–Crippen MR) is 192 cm³/mol. The zero-order chi connectivity index (χ0) is 30.1. The molecule has 0 unspecified atom stereocenters. The van der Waals surface area contributed by atoms with E-state index in [0.717, 1.165) is 18.7 Å². The summed E-state index contributed by atoms with van der Waals surface area (Å²) in [5, 5.41) is 2.70. The first-order chi connectivity index (χ1) is 21.8. The van der Waals surface area contributed by atoms with Gasteiger partial charge in [-0.1, -0.05) is 119 Å². The van der Waals surface area contributed by atoms with Crippen LogP contribution in [0.3, 0.4) is 0 Å². The number of fused-ring (bicyclic) bond motifs is 3. The lowest BCUT2D eigenvalue weighted by Crippen LogP contribution is -2.09. The first-order valence-electron chi connectivity index (χ1n) is 16.8. The SMILES string of the molecule is CCCCCCCCn1c2ccccc2c2cc(-c3ccc(N(c4ccccc4)c4ccc(CCCC)cc4)cc3)ccc21. The summed E-state index contributed by atoms with van der Waals surface area (Å²) in [7, 11) is 0. The molecule has 0 radical (unpaired) electrons. The standard InChI is InChI=1S/C42H46N2/c1-3-5-7-8-9-15-31-43-41-20-14-13-19-39(41)40-32-35(25-30-42(40)43)34-23-28-38(29-24-34)44(36-17-11-10-12-18-36)37-26-21-33(22-27-37)16-6-4-2/h10-14,17-30,32H,3-9,15-16,31H2,1-2H3. The quantitative estimate of drug-likeness (QED) is 0.117. The lowest BCUT2D eigenvalue weighted by molar-refractivity contribution is 0.571. The first kappa shape index (κ1) is 29.8. The van der Waals surface area contributed by atoms with Gasteiger partial charge in [0.05, 0.1) is 0 Å². The molecular weight excluding hydrogens is 532 g/mol. The van der Waals surface area contributed by atoms with E-state index in [1.165, 1.54) is 101 Å². The third-order valence-corrected chi connectivity index (χ3v) is 8.99. The van der Waals surface area contributed by atoms with Crippen LogP contribution in [0, 0.1) is 0 Å². The van der Waals surface area contributed by atoms with Gasteiger partial charge < -0.3 is 9.47 Å². The van der Waals surface area contributed by atoms with Crippen molar-refractivity contribution in [2.24, 2.45) is 0 Å². The molecule has 44 heavy (non-hydrogen) atoms. The van der Waals surface area contributed by atoms with Crippen molar-refractivity contribution in [1.29, 1.82) is 0 Å². The molecule has 1 aromatic heterocycles. The van der Waals surface area contributed by atoms with Gasteiger partial charge in [-0.2, -0.15) is 0 Å². The van der Waals surface area contributed by atoms with Crippen LogP contribution in [-0.2, 0) is 13.0 Å². The molecule has 2 heteroatoms. The van der Waals surface area contributed by atoms with Gasteiger partial charge in [-0.05, 0) is 90.6 Å². The molecule has 0 spiro atoms. The summed E-state index contributed by atoms with van der Waals surface area (Å²) in [6, 6.07) is 44.8. The van der Waals surface area contributed by atoms with Gasteiger partial charge >= 0.3 is 0 Å². The second kappa shape index (κ2) is 14.4. The molecule has 6 rings (SSSR count). The van der Waals surface area contributed by atoms with E-state index in [-0.39, 0.29) is 0 Å². The molecule has 0 aliphatic heterocycles. The highest BCUT2D eigenvalue weighted by Gasteiger charge is 2.14. The smallest absolute Gasteiger partial charge is 0.0491 e. The van der Waals surface area contributed by atoms with Crippen LogP contribution >= 0.6 is 0 Å². The number of aryl methyl sites for hydroxylation is 2. The first-order valence-corrected chi connectivity index (χ1v) is 16.8. The molecule has 0 aliphatic carbocycles. The van der Waals surface area contributed by atoms with E-state index in [9.17, 15) is 0 Å². The second-order valence-corrected chi connectivity index (χ2v) is 12.2. The van der Waals surface area contributed by atoms with Crippen molar-refractivity contribution < 1.29 is 0 Å². The maximum atomic E-state index is 2.54. The minimum Gasteiger partial charge on any atom is -0.340 e. The average Bonchev–Trinajstić information content (AvgIpc) is 3.39. The van der Waals surface area contributed by atoms with Gasteiger partial charge in [0, 0.05) is 45.4 Å². The van der Waals surface area contributed by atoms with Crippen molar-refractivity contribution in [3.63, 3.8) is 0 Å². The Morgan fingerprint density at radius 3 is 1.82 bits per heavy atom. The number of unbranched alkanes of at least 4 members (excludes halogenated alkanes) is 6. The molecule has 0 fully saturated rings. The Labute approximate surface area is 264 Å². The van der Waals surface area contributed by atoms with E-state index in [1.54, 1.807) is 0 Å². The summed E-state index contributed by atoms with van der Waals surface area (Å²) in [5.74, 6) is 0. The highest BCUT2D eigenvalue weighted by Crippen LogP contribution is 2.37. The minimum absolute atomic E-state index is 1.08. The molecule has 0 bridgehead atoms. The lowest BCUT2D eigenvalue weighted by Gasteiger charge is -2.26. The number of benzene rings is 5. The fourth-order valence-electron chi connectivity index (χ4n) is 6.54. The number of anilines is 3. The number of hydrogen-bond donors (Lipinski definition) is 0. The monoisotopic (exact) mass is 578 g/mol. The van der Waals surface area contributed by atoms with Crippen molar-refractivity contribution in [2.45, 2.75) is 78.2 Å². The Morgan fingerprint density at radius 1 is 0.477 bits per heavy atom. The molecule has 0 saturated heterocycles. The van der Waals surface area contributed by atoms with Crippen LogP contribution < -0.4 is 4.90 Å². The van der Waals surface area contributed by atoms with Crippen LogP contribution in [0.5, 0.6) is 0 Å². The Morgan fingerprint density at radius 2 is 1.07 bits per heavy atom. The highest BCUT2D eigenvalue weighted by atomic mass is 15.1. The molecule has 0 saturated carbocycles. The molecular formula is C42H46N2. The predicted octanol–water partition coefficient (Wildman–Crippen LogP) is 12.6. The lowest BCUT2D eigenvalue weighted by atomic mass is 10.0. The summed E-state index contributed by atoms with van der Waals surface area (Å²) < 4.78 is 2.54. The molecule has 5 aromatic carbocycles. The molecule has 1 heterocycles. The van der Waals surface area contributed by atoms with Crippen molar-refractivity contribution >= 4 is 38.9 Å². The largest absolute Gasteiger partial charge is 0.340 e. The number of hydrogen-bond acceptors (Lipinski definition) is 1. The van der Waals surface area contributed by atoms with Crippen LogP contribution in [0.15, 0.2) is 121 Å². The van der Waals surface area contributed by atoms with Gasteiger partial charge in [0.1, 0.15) is 0 Å². The fraction of sp³-hybridized carbons (Fsp3) is 0.286. The molecule has 0 N–H and O–H groups in total. The van der Waals surface area contributed by atoms with E-state index in [2.05, 4.69) is 145 Å². The van der Waals surface area contributed by atoms with E-state index in [0.29, 0.717) is 0 Å². The fourth-order valence-corrected chi connectivity index (χ4v) is 6.54. The van der Waals surface area contributed by atoms with Gasteiger partial charge in [-0.15, -0.1) is 0 Å². The third kappa shape index (κ3) is 6.60. The highest BCUT2D eigenvalue weighted by molar-refractivity contribution is 6.09. The molecule has 0 amide bonds. The molecule has 0 atom stereocenters. The Balaban J connectivity index is 1.28. The molecule has 224 valence electrons. The Hall–Kier alpha value is -4.30. The van der Waals surface area contributed by atoms with Crippen LogP contribution in [0.1, 0.15) is 70.8 Å². The number of para-hydroxylation sites is 2. The zero-order valence-corrected chi connectivity index (χ0v) is 26.5. The summed E-state index contributed by atoms with van der Waals surface area (Å²) in [4.78, 5) is 2.35. The summed E-state index contributed by atoms with van der Waals surface area (Å²) in [6.45, 7) is 5.62. The summed E-state index contributed by atoms with van der Waals surface area (Å²) >= 11 is 0. The number of rotatable bonds is 14. The van der Waals surface area contributed by atoms with Crippen molar-refractivity contribution in [2.75, 3.05) is 4.90 Å². The second-order valence-electron chi connectivity index (χ2n) is 12.2. The average molecular weight is 579 g/mol. The topological polar surface area (TPSA) is 8.17 Å². The maximum absolute atomic E-state index is 2.54. The maximum Gasteiger partial charge on any atom is 0.0491 e. The van der Waals surface area contributed by atoms with E-state index in [4.69, 9.17) is 0 Å². The van der Waals surface area contributed by atoms with Crippen molar-refractivity contribution in [3.05, 3.63) is 127 Å².